The molecular formula is C25H35ClN6O. The fourth-order valence-corrected chi connectivity index (χ4v) is 5.42. The molecule has 0 atom stereocenters. The van der Waals surface area contributed by atoms with E-state index in [1.165, 1.54) is 49.9 Å². The molecular weight excluding hydrogens is 436 g/mol. The Morgan fingerprint density at radius 1 is 1.15 bits per heavy atom. The molecule has 0 radical (unpaired) electrons. The lowest BCUT2D eigenvalue weighted by Crippen LogP contribution is -2.46. The number of anilines is 2. The Balaban J connectivity index is 1.48. The number of aromatic nitrogens is 2. The maximum absolute atomic E-state index is 12.0. The molecule has 2 aromatic rings. The van der Waals surface area contributed by atoms with Crippen LogP contribution in [0.15, 0.2) is 18.2 Å². The number of rotatable bonds is 6. The highest BCUT2D eigenvalue weighted by Gasteiger charge is 2.28. The second-order valence-corrected chi connectivity index (χ2v) is 9.78. The summed E-state index contributed by atoms with van der Waals surface area (Å²) in [4.78, 5) is 25.8. The molecule has 3 heterocycles. The van der Waals surface area contributed by atoms with Crippen molar-refractivity contribution in [3.05, 3.63) is 45.9 Å². The van der Waals surface area contributed by atoms with Crippen LogP contribution in [0.2, 0.25) is 5.15 Å². The van der Waals surface area contributed by atoms with Crippen molar-refractivity contribution in [2.75, 3.05) is 38.5 Å². The quantitative estimate of drug-likeness (QED) is 0.660. The van der Waals surface area contributed by atoms with Gasteiger partial charge in [-0.25, -0.2) is 9.97 Å². The van der Waals surface area contributed by atoms with Crippen LogP contribution in [0.1, 0.15) is 65.8 Å². The highest BCUT2D eigenvalue weighted by molar-refractivity contribution is 6.30. The lowest BCUT2D eigenvalue weighted by molar-refractivity contribution is 0.0966. The second kappa shape index (κ2) is 10.4. The molecule has 0 unspecified atom stereocenters. The van der Waals surface area contributed by atoms with Crippen LogP contribution in [0.25, 0.3) is 0 Å². The fraction of sp³-hybridized carbons (Fsp3) is 0.560. The number of likely N-dealkylation sites (tertiary alicyclic amines) is 2. The Hall–Kier alpha value is -2.22. The number of carbonyl (C=O) groups excluding carboxylic acids is 1. The zero-order valence-electron chi connectivity index (χ0n) is 19.9. The summed E-state index contributed by atoms with van der Waals surface area (Å²) >= 11 is 6.26. The summed E-state index contributed by atoms with van der Waals surface area (Å²) in [6.45, 7) is 8.80. The van der Waals surface area contributed by atoms with Crippen molar-refractivity contribution in [3.8, 4) is 0 Å². The minimum Gasteiger partial charge on any atom is -0.364 e. The summed E-state index contributed by atoms with van der Waals surface area (Å²) in [5.74, 6) is 0.212. The number of hydrogen-bond donors (Lipinski definition) is 2. The van der Waals surface area contributed by atoms with Crippen molar-refractivity contribution in [3.63, 3.8) is 0 Å². The third-order valence-electron chi connectivity index (χ3n) is 7.20. The van der Waals surface area contributed by atoms with Crippen LogP contribution in [0.4, 0.5) is 11.5 Å². The zero-order valence-corrected chi connectivity index (χ0v) is 20.7. The van der Waals surface area contributed by atoms with Gasteiger partial charge in [0.25, 0.3) is 5.91 Å². The molecule has 8 heteroatoms. The van der Waals surface area contributed by atoms with Gasteiger partial charge >= 0.3 is 0 Å². The van der Waals surface area contributed by atoms with Crippen LogP contribution in [-0.4, -0.2) is 64.9 Å². The predicted molar refractivity (Wildman–Crippen MR) is 133 cm³/mol. The molecule has 0 saturated carbocycles. The number of primary amides is 1. The lowest BCUT2D eigenvalue weighted by atomic mass is 9.85. The van der Waals surface area contributed by atoms with E-state index in [9.17, 15) is 4.79 Å². The van der Waals surface area contributed by atoms with Crippen LogP contribution >= 0.6 is 11.6 Å². The standard InChI is InChI=1S/C25H35ClN6O/c1-4-21-23(26)30-25(22(29-21)24(27)33)28-18-6-5-16(2)20(15-18)17-7-13-32(14-8-17)19-9-11-31(3)12-10-19/h5-6,15,17,19H,4,7-14H2,1-3H3,(H2,27,33)(H,28,30). The average Bonchev–Trinajstić information content (AvgIpc) is 2.81. The van der Waals surface area contributed by atoms with Crippen molar-refractivity contribution in [2.24, 2.45) is 5.73 Å². The number of halogens is 1. The van der Waals surface area contributed by atoms with E-state index >= 15 is 0 Å². The third-order valence-corrected chi connectivity index (χ3v) is 7.51. The second-order valence-electron chi connectivity index (χ2n) is 9.42. The van der Waals surface area contributed by atoms with E-state index in [-0.39, 0.29) is 5.69 Å². The molecule has 4 rings (SSSR count). The number of nitrogens with two attached hydrogens (primary N) is 1. The van der Waals surface area contributed by atoms with Gasteiger partial charge in [-0.2, -0.15) is 0 Å². The Morgan fingerprint density at radius 2 is 1.85 bits per heavy atom. The van der Waals surface area contributed by atoms with E-state index in [0.717, 1.165) is 24.8 Å². The van der Waals surface area contributed by atoms with Gasteiger partial charge in [0.2, 0.25) is 0 Å². The number of nitrogens with zero attached hydrogens (tertiary/aromatic N) is 4. The summed E-state index contributed by atoms with van der Waals surface area (Å²) in [6, 6.07) is 7.04. The van der Waals surface area contributed by atoms with E-state index < -0.39 is 5.91 Å². The first-order chi connectivity index (χ1) is 15.9. The topological polar surface area (TPSA) is 87.4 Å². The van der Waals surface area contributed by atoms with Crippen LogP contribution in [0.5, 0.6) is 0 Å². The maximum atomic E-state index is 12.0. The number of aryl methyl sites for hydroxylation is 2. The summed E-state index contributed by atoms with van der Waals surface area (Å²) in [5.41, 5.74) is 9.76. The summed E-state index contributed by atoms with van der Waals surface area (Å²) in [5, 5.41) is 3.53. The Bertz CT molecular complexity index is 997. The molecule has 33 heavy (non-hydrogen) atoms. The van der Waals surface area contributed by atoms with E-state index in [0.29, 0.717) is 29.0 Å². The van der Waals surface area contributed by atoms with Crippen molar-refractivity contribution in [1.82, 2.24) is 19.8 Å². The molecule has 3 N–H and O–H groups in total. The Labute approximate surface area is 201 Å². The van der Waals surface area contributed by atoms with Crippen LogP contribution < -0.4 is 11.1 Å². The van der Waals surface area contributed by atoms with Gasteiger partial charge in [-0.15, -0.1) is 0 Å². The van der Waals surface area contributed by atoms with E-state index in [2.05, 4.69) is 51.2 Å². The smallest absolute Gasteiger partial charge is 0.271 e. The van der Waals surface area contributed by atoms with Crippen molar-refractivity contribution in [2.45, 2.75) is 57.9 Å². The van der Waals surface area contributed by atoms with Gasteiger partial charge in [0.05, 0.1) is 5.69 Å². The number of carbonyl (C=O) groups is 1. The monoisotopic (exact) mass is 470 g/mol. The largest absolute Gasteiger partial charge is 0.364 e. The number of benzene rings is 1. The minimum absolute atomic E-state index is 0.116. The number of amides is 1. The van der Waals surface area contributed by atoms with Gasteiger partial charge in [-0.1, -0.05) is 24.6 Å². The first-order valence-electron chi connectivity index (χ1n) is 12.0. The number of piperidine rings is 2. The molecule has 0 aliphatic carbocycles. The molecule has 2 aliphatic heterocycles. The minimum atomic E-state index is -0.620. The zero-order chi connectivity index (χ0) is 23.5. The van der Waals surface area contributed by atoms with Gasteiger partial charge < -0.3 is 20.9 Å². The van der Waals surface area contributed by atoms with Crippen LogP contribution in [0, 0.1) is 6.92 Å². The number of nitrogens with one attached hydrogen (secondary N) is 1. The lowest BCUT2D eigenvalue weighted by Gasteiger charge is -2.41. The van der Waals surface area contributed by atoms with Crippen molar-refractivity contribution in [1.29, 1.82) is 0 Å². The normalized spacial score (nSPS) is 19.0. The van der Waals surface area contributed by atoms with Crippen LogP contribution in [0.3, 0.4) is 0 Å². The molecule has 178 valence electrons. The SMILES string of the molecule is CCc1nc(C(N)=O)c(Nc2ccc(C)c(C3CCN(C4CCN(C)CC4)CC3)c2)nc1Cl. The Kier molecular flexibility index (Phi) is 7.51. The first kappa shape index (κ1) is 23.9. The molecule has 7 nitrogen and oxygen atoms in total. The maximum Gasteiger partial charge on any atom is 0.271 e. The highest BCUT2D eigenvalue weighted by Crippen LogP contribution is 2.34. The van der Waals surface area contributed by atoms with E-state index in [1.807, 2.05) is 13.0 Å². The summed E-state index contributed by atoms with van der Waals surface area (Å²) in [6.07, 6.45) is 5.47. The highest BCUT2D eigenvalue weighted by atomic mass is 35.5. The van der Waals surface area contributed by atoms with Crippen molar-refractivity contribution < 1.29 is 4.79 Å². The summed E-state index contributed by atoms with van der Waals surface area (Å²) in [7, 11) is 2.22. The fourth-order valence-electron chi connectivity index (χ4n) is 5.16. The average molecular weight is 471 g/mol. The molecule has 2 fully saturated rings. The molecule has 2 aliphatic rings. The van der Waals surface area contributed by atoms with Gasteiger partial charge in [-0.3, -0.25) is 4.79 Å². The molecule has 1 aromatic carbocycles. The summed E-state index contributed by atoms with van der Waals surface area (Å²) < 4.78 is 0. The van der Waals surface area contributed by atoms with Gasteiger partial charge in [0.1, 0.15) is 0 Å². The van der Waals surface area contributed by atoms with Gasteiger partial charge in [0, 0.05) is 11.7 Å². The first-order valence-corrected chi connectivity index (χ1v) is 12.4. The third kappa shape index (κ3) is 5.48. The molecule has 0 bridgehead atoms. The Morgan fingerprint density at radius 3 is 2.48 bits per heavy atom. The predicted octanol–water partition coefficient (Wildman–Crippen LogP) is 4.12. The van der Waals surface area contributed by atoms with E-state index in [4.69, 9.17) is 17.3 Å². The van der Waals surface area contributed by atoms with Crippen LogP contribution in [-0.2, 0) is 6.42 Å². The molecule has 2 saturated heterocycles. The molecule has 0 spiro atoms. The number of hydrogen-bond acceptors (Lipinski definition) is 6. The van der Waals surface area contributed by atoms with E-state index in [1.54, 1.807) is 0 Å². The van der Waals surface area contributed by atoms with Crippen molar-refractivity contribution >= 4 is 29.0 Å². The molecule has 1 aromatic heterocycles. The van der Waals surface area contributed by atoms with Gasteiger partial charge in [-0.05, 0) is 101 Å². The molecule has 1 amide bonds. The van der Waals surface area contributed by atoms with Gasteiger partial charge in [0.15, 0.2) is 16.7 Å².